The van der Waals surface area contributed by atoms with E-state index in [0.717, 1.165) is 16.4 Å². The standard InChI is InChI=1S/C22H23FN4O2S/c1-4-22(2,3)24-20(28)19(15-10-6-5-7-11-15)27(18-13-9-8-12-16(18)23)21(29)17-14-30-26-25-17/h5-14,19H,4H2,1-3H3,(H,24,28). The molecule has 156 valence electrons. The summed E-state index contributed by atoms with van der Waals surface area (Å²) < 4.78 is 18.6. The van der Waals surface area contributed by atoms with Crippen LogP contribution in [-0.4, -0.2) is 26.9 Å². The number of nitrogens with one attached hydrogen (secondary N) is 1. The zero-order valence-electron chi connectivity index (χ0n) is 17.0. The maximum absolute atomic E-state index is 14.8. The number of nitrogens with zero attached hydrogens (tertiary/aromatic N) is 3. The Labute approximate surface area is 178 Å². The molecule has 1 unspecified atom stereocenters. The minimum absolute atomic E-state index is 0.00573. The SMILES string of the molecule is CCC(C)(C)NC(=O)C(c1ccccc1)N(C(=O)c1csnn1)c1ccccc1F. The third-order valence-electron chi connectivity index (χ3n) is 4.88. The molecule has 0 spiro atoms. The molecule has 0 bridgehead atoms. The largest absolute Gasteiger partial charge is 0.349 e. The van der Waals surface area contributed by atoms with Gasteiger partial charge >= 0.3 is 0 Å². The lowest BCUT2D eigenvalue weighted by molar-refractivity contribution is -0.124. The number of amides is 2. The molecular formula is C22H23FN4O2S. The molecule has 0 saturated heterocycles. The fourth-order valence-electron chi connectivity index (χ4n) is 2.94. The van der Waals surface area contributed by atoms with Crippen LogP contribution in [0.3, 0.4) is 0 Å². The van der Waals surface area contributed by atoms with Crippen LogP contribution >= 0.6 is 11.5 Å². The van der Waals surface area contributed by atoms with Crippen molar-refractivity contribution in [3.63, 3.8) is 0 Å². The summed E-state index contributed by atoms with van der Waals surface area (Å²) in [5.74, 6) is -1.63. The molecule has 3 rings (SSSR count). The van der Waals surface area contributed by atoms with Crippen molar-refractivity contribution in [2.45, 2.75) is 38.8 Å². The number of halogens is 1. The van der Waals surface area contributed by atoms with Gasteiger partial charge in [-0.05, 0) is 49.5 Å². The second-order valence-electron chi connectivity index (χ2n) is 7.46. The highest BCUT2D eigenvalue weighted by Gasteiger charge is 2.37. The van der Waals surface area contributed by atoms with E-state index in [0.29, 0.717) is 12.0 Å². The predicted molar refractivity (Wildman–Crippen MR) is 115 cm³/mol. The summed E-state index contributed by atoms with van der Waals surface area (Å²) in [6, 6.07) is 13.6. The Bertz CT molecular complexity index is 1010. The Morgan fingerprint density at radius 1 is 1.13 bits per heavy atom. The van der Waals surface area contributed by atoms with Crippen molar-refractivity contribution in [1.82, 2.24) is 14.9 Å². The van der Waals surface area contributed by atoms with Crippen LogP contribution in [0.25, 0.3) is 0 Å². The fraction of sp³-hybridized carbons (Fsp3) is 0.273. The normalized spacial score (nSPS) is 12.3. The van der Waals surface area contributed by atoms with E-state index in [1.165, 1.54) is 23.6 Å². The van der Waals surface area contributed by atoms with Crippen molar-refractivity contribution < 1.29 is 14.0 Å². The quantitative estimate of drug-likeness (QED) is 0.609. The van der Waals surface area contributed by atoms with Crippen molar-refractivity contribution in [3.05, 3.63) is 77.1 Å². The number of carbonyl (C=O) groups excluding carboxylic acids is 2. The van der Waals surface area contributed by atoms with Gasteiger partial charge in [0.05, 0.1) is 5.69 Å². The van der Waals surface area contributed by atoms with E-state index in [1.807, 2.05) is 26.8 Å². The van der Waals surface area contributed by atoms with Crippen molar-refractivity contribution >= 4 is 29.0 Å². The van der Waals surface area contributed by atoms with E-state index >= 15 is 0 Å². The second kappa shape index (κ2) is 9.13. The van der Waals surface area contributed by atoms with Crippen molar-refractivity contribution in [3.8, 4) is 0 Å². The van der Waals surface area contributed by atoms with E-state index in [9.17, 15) is 14.0 Å². The smallest absolute Gasteiger partial charge is 0.280 e. The van der Waals surface area contributed by atoms with Gasteiger partial charge in [-0.1, -0.05) is 53.9 Å². The summed E-state index contributed by atoms with van der Waals surface area (Å²) in [4.78, 5) is 28.0. The Kier molecular flexibility index (Phi) is 6.56. The topological polar surface area (TPSA) is 75.2 Å². The van der Waals surface area contributed by atoms with Gasteiger partial charge in [0, 0.05) is 10.9 Å². The molecule has 0 saturated carbocycles. The molecule has 0 radical (unpaired) electrons. The van der Waals surface area contributed by atoms with Crippen LogP contribution in [0.5, 0.6) is 0 Å². The zero-order valence-corrected chi connectivity index (χ0v) is 17.8. The molecule has 8 heteroatoms. The average molecular weight is 427 g/mol. The van der Waals surface area contributed by atoms with E-state index in [-0.39, 0.29) is 11.4 Å². The maximum atomic E-state index is 14.8. The van der Waals surface area contributed by atoms with Crippen LogP contribution in [-0.2, 0) is 4.79 Å². The molecule has 1 heterocycles. The summed E-state index contributed by atoms with van der Waals surface area (Å²) in [5.41, 5.74) is 0.0956. The third kappa shape index (κ3) is 4.71. The van der Waals surface area contributed by atoms with Gasteiger partial charge in [-0.25, -0.2) is 4.39 Å². The van der Waals surface area contributed by atoms with Gasteiger partial charge in [0.25, 0.3) is 5.91 Å². The highest BCUT2D eigenvalue weighted by atomic mass is 32.1. The molecule has 1 atom stereocenters. The zero-order chi connectivity index (χ0) is 21.7. The van der Waals surface area contributed by atoms with Gasteiger partial charge in [-0.3, -0.25) is 14.5 Å². The van der Waals surface area contributed by atoms with Crippen molar-refractivity contribution in [2.24, 2.45) is 0 Å². The van der Waals surface area contributed by atoms with Crippen LogP contribution in [0.2, 0.25) is 0 Å². The number of aromatic nitrogens is 2. The van der Waals surface area contributed by atoms with Crippen LogP contribution < -0.4 is 10.2 Å². The number of hydrogen-bond donors (Lipinski definition) is 1. The van der Waals surface area contributed by atoms with E-state index in [4.69, 9.17) is 0 Å². The van der Waals surface area contributed by atoms with Crippen LogP contribution in [0.4, 0.5) is 10.1 Å². The summed E-state index contributed by atoms with van der Waals surface area (Å²) in [6.45, 7) is 5.75. The van der Waals surface area contributed by atoms with Gasteiger partial charge in [0.2, 0.25) is 5.91 Å². The lowest BCUT2D eigenvalue weighted by Gasteiger charge is -2.34. The van der Waals surface area contributed by atoms with E-state index < -0.39 is 29.2 Å². The molecule has 2 amide bonds. The number of hydrogen-bond acceptors (Lipinski definition) is 5. The fourth-order valence-corrected chi connectivity index (χ4v) is 3.37. The number of carbonyl (C=O) groups is 2. The minimum Gasteiger partial charge on any atom is -0.349 e. The first kappa shape index (κ1) is 21.6. The highest BCUT2D eigenvalue weighted by Crippen LogP contribution is 2.32. The first-order valence-electron chi connectivity index (χ1n) is 9.56. The van der Waals surface area contributed by atoms with E-state index in [2.05, 4.69) is 14.9 Å². The van der Waals surface area contributed by atoms with Crippen molar-refractivity contribution in [2.75, 3.05) is 4.90 Å². The Morgan fingerprint density at radius 2 is 1.80 bits per heavy atom. The minimum atomic E-state index is -1.09. The van der Waals surface area contributed by atoms with Crippen LogP contribution in [0, 0.1) is 5.82 Å². The van der Waals surface area contributed by atoms with Gasteiger partial charge < -0.3 is 5.32 Å². The Balaban J connectivity index is 2.17. The highest BCUT2D eigenvalue weighted by molar-refractivity contribution is 7.03. The second-order valence-corrected chi connectivity index (χ2v) is 8.07. The third-order valence-corrected chi connectivity index (χ3v) is 5.38. The van der Waals surface area contributed by atoms with Crippen LogP contribution in [0.1, 0.15) is 49.3 Å². The molecule has 0 aliphatic heterocycles. The van der Waals surface area contributed by atoms with Gasteiger partial charge in [-0.15, -0.1) is 5.10 Å². The van der Waals surface area contributed by atoms with E-state index in [1.54, 1.807) is 30.3 Å². The molecule has 0 aliphatic rings. The summed E-state index contributed by atoms with van der Waals surface area (Å²) in [6.07, 6.45) is 0.684. The molecule has 6 nitrogen and oxygen atoms in total. The molecule has 1 N–H and O–H groups in total. The Morgan fingerprint density at radius 3 is 2.40 bits per heavy atom. The number of anilines is 1. The summed E-state index contributed by atoms with van der Waals surface area (Å²) in [5, 5.41) is 8.31. The van der Waals surface area contributed by atoms with Crippen molar-refractivity contribution in [1.29, 1.82) is 0 Å². The molecule has 2 aromatic carbocycles. The lowest BCUT2D eigenvalue weighted by atomic mass is 9.98. The van der Waals surface area contributed by atoms with Gasteiger partial charge in [0.1, 0.15) is 11.9 Å². The summed E-state index contributed by atoms with van der Waals surface area (Å²) >= 11 is 1.01. The first-order valence-corrected chi connectivity index (χ1v) is 10.4. The van der Waals surface area contributed by atoms with Gasteiger partial charge in [0.15, 0.2) is 5.69 Å². The molecular weight excluding hydrogens is 403 g/mol. The molecule has 0 aliphatic carbocycles. The molecule has 3 aromatic rings. The first-order chi connectivity index (χ1) is 14.3. The number of para-hydroxylation sites is 1. The molecule has 30 heavy (non-hydrogen) atoms. The van der Waals surface area contributed by atoms with Crippen LogP contribution in [0.15, 0.2) is 60.0 Å². The predicted octanol–water partition coefficient (Wildman–Crippen LogP) is 4.37. The maximum Gasteiger partial charge on any atom is 0.280 e. The number of benzene rings is 2. The van der Waals surface area contributed by atoms with Gasteiger partial charge in [-0.2, -0.15) is 0 Å². The average Bonchev–Trinajstić information content (AvgIpc) is 3.27. The number of rotatable bonds is 7. The lowest BCUT2D eigenvalue weighted by Crippen LogP contribution is -2.50. The molecule has 1 aromatic heterocycles. The monoisotopic (exact) mass is 426 g/mol. The molecule has 0 fully saturated rings. The summed E-state index contributed by atoms with van der Waals surface area (Å²) in [7, 11) is 0. The Hall–Kier alpha value is -3.13.